The summed E-state index contributed by atoms with van der Waals surface area (Å²) in [5.41, 5.74) is 2.80. The lowest BCUT2D eigenvalue weighted by Crippen LogP contribution is -2.34. The Labute approximate surface area is 176 Å². The smallest absolute Gasteiger partial charge is 0.227 e. The fourth-order valence-corrected chi connectivity index (χ4v) is 3.69. The first-order chi connectivity index (χ1) is 14.5. The van der Waals surface area contributed by atoms with Gasteiger partial charge in [0, 0.05) is 25.6 Å². The van der Waals surface area contributed by atoms with Crippen molar-refractivity contribution in [1.82, 2.24) is 5.32 Å². The van der Waals surface area contributed by atoms with E-state index < -0.39 is 5.92 Å². The number of anilines is 1. The molecule has 1 aliphatic rings. The van der Waals surface area contributed by atoms with Gasteiger partial charge in [0.25, 0.3) is 0 Å². The topological polar surface area (TPSA) is 77.1 Å². The molecule has 0 aromatic heterocycles. The highest BCUT2D eigenvalue weighted by Crippen LogP contribution is 2.36. The van der Waals surface area contributed by atoms with Crippen molar-refractivity contribution in [1.29, 1.82) is 0 Å². The molecule has 7 heteroatoms. The minimum absolute atomic E-state index is 0.109. The third-order valence-corrected chi connectivity index (χ3v) is 5.30. The Morgan fingerprint density at radius 3 is 2.50 bits per heavy atom. The van der Waals surface area contributed by atoms with Crippen molar-refractivity contribution in [3.8, 4) is 17.2 Å². The Bertz CT molecular complexity index is 928. The van der Waals surface area contributed by atoms with Crippen LogP contribution in [0.15, 0.2) is 36.4 Å². The van der Waals surface area contributed by atoms with E-state index in [-0.39, 0.29) is 18.2 Å². The van der Waals surface area contributed by atoms with Gasteiger partial charge in [0.1, 0.15) is 17.2 Å². The quantitative estimate of drug-likeness (QED) is 0.722. The molecule has 2 aromatic rings. The molecular weight excluding hydrogens is 384 g/mol. The molecule has 30 heavy (non-hydrogen) atoms. The minimum atomic E-state index is -0.409. The molecule has 1 aliphatic heterocycles. The number of hydrogen-bond acceptors (Lipinski definition) is 5. The standard InChI is InChI=1S/C23H28N2O5/c1-15-5-7-20(29-3)16(11-15)9-10-24-23(27)17-12-22(26)25(14-17)19-13-18(28-2)6-8-21(19)30-4/h5-8,11,13,17H,9-10,12,14H2,1-4H3,(H,24,27). The molecule has 0 spiro atoms. The normalized spacial score (nSPS) is 15.8. The first-order valence-corrected chi connectivity index (χ1v) is 9.90. The van der Waals surface area contributed by atoms with Gasteiger partial charge in [0.2, 0.25) is 11.8 Å². The number of ether oxygens (including phenoxy) is 3. The Balaban J connectivity index is 1.63. The van der Waals surface area contributed by atoms with Crippen LogP contribution < -0.4 is 24.4 Å². The number of nitrogens with one attached hydrogen (secondary N) is 1. The van der Waals surface area contributed by atoms with E-state index in [0.717, 1.165) is 16.9 Å². The van der Waals surface area contributed by atoms with Crippen LogP contribution in [0.25, 0.3) is 0 Å². The number of rotatable bonds is 8. The summed E-state index contributed by atoms with van der Waals surface area (Å²) >= 11 is 0. The summed E-state index contributed by atoms with van der Waals surface area (Å²) in [6.07, 6.45) is 0.824. The monoisotopic (exact) mass is 412 g/mol. The van der Waals surface area contributed by atoms with Crippen LogP contribution in [0, 0.1) is 12.8 Å². The Morgan fingerprint density at radius 1 is 1.07 bits per heavy atom. The van der Waals surface area contributed by atoms with E-state index in [2.05, 4.69) is 11.4 Å². The Hall–Kier alpha value is -3.22. The molecule has 1 heterocycles. The first kappa shape index (κ1) is 21.5. The second kappa shape index (κ2) is 9.52. The molecule has 1 saturated heterocycles. The number of carbonyl (C=O) groups excluding carboxylic acids is 2. The van der Waals surface area contributed by atoms with Crippen molar-refractivity contribution in [2.45, 2.75) is 19.8 Å². The van der Waals surface area contributed by atoms with Gasteiger partial charge >= 0.3 is 0 Å². The van der Waals surface area contributed by atoms with E-state index >= 15 is 0 Å². The molecule has 1 N–H and O–H groups in total. The second-order valence-electron chi connectivity index (χ2n) is 7.30. The zero-order valence-corrected chi connectivity index (χ0v) is 17.9. The van der Waals surface area contributed by atoms with E-state index in [1.807, 2.05) is 19.1 Å². The van der Waals surface area contributed by atoms with Gasteiger partial charge in [-0.05, 0) is 37.1 Å². The van der Waals surface area contributed by atoms with Gasteiger partial charge in [0.15, 0.2) is 0 Å². The third-order valence-electron chi connectivity index (χ3n) is 5.30. The molecular formula is C23H28N2O5. The molecule has 1 unspecified atom stereocenters. The van der Waals surface area contributed by atoms with Gasteiger partial charge in [-0.15, -0.1) is 0 Å². The van der Waals surface area contributed by atoms with Crippen LogP contribution >= 0.6 is 0 Å². The predicted molar refractivity (Wildman–Crippen MR) is 114 cm³/mol. The molecule has 0 radical (unpaired) electrons. The van der Waals surface area contributed by atoms with Gasteiger partial charge in [-0.2, -0.15) is 0 Å². The largest absolute Gasteiger partial charge is 0.497 e. The highest BCUT2D eigenvalue weighted by molar-refractivity contribution is 6.01. The number of nitrogens with zero attached hydrogens (tertiary/aromatic N) is 1. The van der Waals surface area contributed by atoms with Crippen LogP contribution in [0.5, 0.6) is 17.2 Å². The van der Waals surface area contributed by atoms with E-state index in [4.69, 9.17) is 14.2 Å². The summed E-state index contributed by atoms with van der Waals surface area (Å²) in [4.78, 5) is 26.9. The number of carbonyl (C=O) groups is 2. The van der Waals surface area contributed by atoms with E-state index in [9.17, 15) is 9.59 Å². The Kier molecular flexibility index (Phi) is 6.82. The summed E-state index contributed by atoms with van der Waals surface area (Å²) in [6, 6.07) is 11.3. The number of methoxy groups -OCH3 is 3. The van der Waals surface area contributed by atoms with Crippen LogP contribution in [0.2, 0.25) is 0 Å². The van der Waals surface area contributed by atoms with Crippen molar-refractivity contribution in [2.75, 3.05) is 39.3 Å². The summed E-state index contributed by atoms with van der Waals surface area (Å²) in [5.74, 6) is 1.35. The van der Waals surface area contributed by atoms with E-state index in [1.165, 1.54) is 0 Å². The summed E-state index contributed by atoms with van der Waals surface area (Å²) in [5, 5.41) is 2.96. The average Bonchev–Trinajstić information content (AvgIpc) is 3.15. The molecule has 1 atom stereocenters. The van der Waals surface area contributed by atoms with Gasteiger partial charge < -0.3 is 24.4 Å². The predicted octanol–water partition coefficient (Wildman–Crippen LogP) is 2.73. The molecule has 1 fully saturated rings. The average molecular weight is 412 g/mol. The van der Waals surface area contributed by atoms with Crippen LogP contribution in [0.1, 0.15) is 17.5 Å². The molecule has 2 amide bonds. The maximum Gasteiger partial charge on any atom is 0.227 e. The van der Waals surface area contributed by atoms with Gasteiger partial charge in [-0.25, -0.2) is 0 Å². The fourth-order valence-electron chi connectivity index (χ4n) is 3.69. The van der Waals surface area contributed by atoms with E-state index in [0.29, 0.717) is 36.7 Å². The van der Waals surface area contributed by atoms with Gasteiger partial charge in [-0.1, -0.05) is 17.7 Å². The minimum Gasteiger partial charge on any atom is -0.497 e. The number of amides is 2. The van der Waals surface area contributed by atoms with Crippen LogP contribution in [-0.4, -0.2) is 46.2 Å². The van der Waals surface area contributed by atoms with Crippen LogP contribution in [0.3, 0.4) is 0 Å². The second-order valence-corrected chi connectivity index (χ2v) is 7.30. The molecule has 3 rings (SSSR count). The highest BCUT2D eigenvalue weighted by atomic mass is 16.5. The van der Waals surface area contributed by atoms with Gasteiger partial charge in [0.05, 0.1) is 32.9 Å². The number of hydrogen-bond donors (Lipinski definition) is 1. The lowest BCUT2D eigenvalue weighted by molar-refractivity contribution is -0.126. The lowest BCUT2D eigenvalue weighted by Gasteiger charge is -2.20. The molecule has 0 aliphatic carbocycles. The summed E-state index contributed by atoms with van der Waals surface area (Å²) in [6.45, 7) is 2.81. The first-order valence-electron chi connectivity index (χ1n) is 9.90. The maximum atomic E-state index is 12.7. The molecule has 0 bridgehead atoms. The van der Waals surface area contributed by atoms with Crippen LogP contribution in [-0.2, 0) is 16.0 Å². The molecule has 0 saturated carbocycles. The zero-order chi connectivity index (χ0) is 21.7. The Morgan fingerprint density at radius 2 is 1.80 bits per heavy atom. The van der Waals surface area contributed by atoms with Crippen molar-refractivity contribution >= 4 is 17.5 Å². The fraction of sp³-hybridized carbons (Fsp3) is 0.391. The SMILES string of the molecule is COc1ccc(OC)c(N2CC(C(=O)NCCc3cc(C)ccc3OC)CC2=O)c1. The summed E-state index contributed by atoms with van der Waals surface area (Å²) < 4.78 is 16.0. The maximum absolute atomic E-state index is 12.7. The van der Waals surface area contributed by atoms with Crippen molar-refractivity contribution in [2.24, 2.45) is 5.92 Å². The zero-order valence-electron chi connectivity index (χ0n) is 17.9. The summed E-state index contributed by atoms with van der Waals surface area (Å²) in [7, 11) is 4.75. The number of aryl methyl sites for hydroxylation is 1. The lowest BCUT2D eigenvalue weighted by atomic mass is 10.1. The van der Waals surface area contributed by atoms with Crippen molar-refractivity contribution < 1.29 is 23.8 Å². The number of benzene rings is 2. The highest BCUT2D eigenvalue weighted by Gasteiger charge is 2.36. The van der Waals surface area contributed by atoms with Gasteiger partial charge in [-0.3, -0.25) is 9.59 Å². The third kappa shape index (κ3) is 4.67. The van der Waals surface area contributed by atoms with E-state index in [1.54, 1.807) is 44.4 Å². The van der Waals surface area contributed by atoms with Crippen molar-refractivity contribution in [3.63, 3.8) is 0 Å². The molecule has 2 aromatic carbocycles. The van der Waals surface area contributed by atoms with Crippen molar-refractivity contribution in [3.05, 3.63) is 47.5 Å². The van der Waals surface area contributed by atoms with Crippen LogP contribution in [0.4, 0.5) is 5.69 Å². The molecule has 7 nitrogen and oxygen atoms in total. The molecule has 160 valence electrons.